The number of benzene rings is 1. The second kappa shape index (κ2) is 5.03. The Balaban J connectivity index is 2.22. The predicted octanol–water partition coefficient (Wildman–Crippen LogP) is 2.01. The topological polar surface area (TPSA) is 55.2 Å². The fraction of sp³-hybridized carbons (Fsp3) is 0.273. The maximum Gasteiger partial charge on any atom is 0.280 e. The second-order valence-electron chi connectivity index (χ2n) is 3.47. The Kier molecular flexibility index (Phi) is 3.46. The summed E-state index contributed by atoms with van der Waals surface area (Å²) in [7, 11) is 0. The van der Waals surface area contributed by atoms with Crippen LogP contribution in [0.2, 0.25) is 0 Å². The van der Waals surface area contributed by atoms with Gasteiger partial charge in [-0.15, -0.1) is 11.8 Å². The van der Waals surface area contributed by atoms with Gasteiger partial charge < -0.3 is 5.32 Å². The van der Waals surface area contributed by atoms with Gasteiger partial charge in [0.05, 0.1) is 11.3 Å². The zero-order chi connectivity index (χ0) is 11.4. The fourth-order valence-electron chi connectivity index (χ4n) is 1.57. The molecule has 1 fully saturated rings. The zero-order valence-electron chi connectivity index (χ0n) is 8.68. The average Bonchev–Trinajstić information content (AvgIpc) is 2.80. The Labute approximate surface area is 97.9 Å². The molecule has 0 radical (unpaired) electrons. The Morgan fingerprint density at radius 3 is 2.75 bits per heavy atom. The van der Waals surface area contributed by atoms with Gasteiger partial charge in [-0.05, 0) is 5.56 Å². The third kappa shape index (κ3) is 2.55. The van der Waals surface area contributed by atoms with E-state index in [9.17, 15) is 10.1 Å². The minimum Gasteiger partial charge on any atom is -0.374 e. The van der Waals surface area contributed by atoms with Crippen LogP contribution in [0.25, 0.3) is 0 Å². The van der Waals surface area contributed by atoms with Crippen molar-refractivity contribution in [2.24, 2.45) is 0 Å². The van der Waals surface area contributed by atoms with Gasteiger partial charge in [0.15, 0.2) is 0 Å². The van der Waals surface area contributed by atoms with Crippen LogP contribution in [-0.4, -0.2) is 17.2 Å². The van der Waals surface area contributed by atoms with Crippen molar-refractivity contribution in [1.29, 1.82) is 0 Å². The van der Waals surface area contributed by atoms with Crippen molar-refractivity contribution < 1.29 is 4.92 Å². The molecule has 1 aromatic rings. The van der Waals surface area contributed by atoms with Gasteiger partial charge in [0.1, 0.15) is 5.03 Å². The van der Waals surface area contributed by atoms with Crippen molar-refractivity contribution in [2.75, 3.05) is 12.3 Å². The number of thioether (sulfide) groups is 1. The first kappa shape index (κ1) is 11.0. The number of allylic oxidation sites excluding steroid dienone is 1. The third-order valence-corrected chi connectivity index (χ3v) is 3.41. The highest BCUT2D eigenvalue weighted by molar-refractivity contribution is 8.03. The maximum absolute atomic E-state index is 11.0. The molecular weight excluding hydrogens is 224 g/mol. The standard InChI is InChI=1S/C11H12N2O2S/c14-13(15)10(11-12-6-7-16-11)8-9-4-2-1-3-5-9/h1-5,12H,6-8H2/b11-10-. The summed E-state index contributed by atoms with van der Waals surface area (Å²) in [4.78, 5) is 10.7. The SMILES string of the molecule is O=[N+]([O-])/C(Cc1ccccc1)=C1/NCCS1. The molecule has 1 N–H and O–H groups in total. The molecule has 0 amide bonds. The minimum absolute atomic E-state index is 0.272. The van der Waals surface area contributed by atoms with Crippen LogP contribution >= 0.6 is 11.8 Å². The largest absolute Gasteiger partial charge is 0.374 e. The van der Waals surface area contributed by atoms with Crippen molar-refractivity contribution in [2.45, 2.75) is 6.42 Å². The molecule has 0 aromatic heterocycles. The Morgan fingerprint density at radius 2 is 2.19 bits per heavy atom. The zero-order valence-corrected chi connectivity index (χ0v) is 9.50. The molecule has 0 bridgehead atoms. The van der Waals surface area contributed by atoms with Gasteiger partial charge in [-0.25, -0.2) is 0 Å². The highest BCUT2D eigenvalue weighted by atomic mass is 32.2. The smallest absolute Gasteiger partial charge is 0.280 e. The summed E-state index contributed by atoms with van der Waals surface area (Å²) in [6.45, 7) is 0.812. The molecule has 1 heterocycles. The van der Waals surface area contributed by atoms with Crippen LogP contribution in [0.3, 0.4) is 0 Å². The van der Waals surface area contributed by atoms with E-state index in [-0.39, 0.29) is 10.6 Å². The molecule has 1 aliphatic rings. The first-order valence-corrected chi connectivity index (χ1v) is 6.04. The number of hydrogen-bond donors (Lipinski definition) is 1. The molecule has 1 aromatic carbocycles. The quantitative estimate of drug-likeness (QED) is 0.644. The fourth-order valence-corrected chi connectivity index (χ4v) is 2.50. The Morgan fingerprint density at radius 1 is 1.44 bits per heavy atom. The van der Waals surface area contributed by atoms with Gasteiger partial charge in [-0.3, -0.25) is 10.1 Å². The van der Waals surface area contributed by atoms with Gasteiger partial charge in [0.2, 0.25) is 0 Å². The average molecular weight is 236 g/mol. The molecule has 0 aliphatic carbocycles. The molecule has 4 nitrogen and oxygen atoms in total. The highest BCUT2D eigenvalue weighted by Crippen LogP contribution is 2.24. The van der Waals surface area contributed by atoms with Gasteiger partial charge in [-0.1, -0.05) is 30.3 Å². The molecule has 0 unspecified atom stereocenters. The number of rotatable bonds is 3. The summed E-state index contributed by atoms with van der Waals surface area (Å²) in [5.41, 5.74) is 1.24. The molecular formula is C11H12N2O2S. The highest BCUT2D eigenvalue weighted by Gasteiger charge is 2.22. The number of hydrogen-bond acceptors (Lipinski definition) is 4. The lowest BCUT2D eigenvalue weighted by Gasteiger charge is -2.03. The number of nitrogens with zero attached hydrogens (tertiary/aromatic N) is 1. The molecule has 16 heavy (non-hydrogen) atoms. The van der Waals surface area contributed by atoms with E-state index < -0.39 is 0 Å². The van der Waals surface area contributed by atoms with Crippen molar-refractivity contribution >= 4 is 11.8 Å². The van der Waals surface area contributed by atoms with E-state index in [0.29, 0.717) is 11.4 Å². The summed E-state index contributed by atoms with van der Waals surface area (Å²) < 4.78 is 0. The minimum atomic E-state index is -0.284. The summed E-state index contributed by atoms with van der Waals surface area (Å²) in [5, 5.41) is 14.8. The van der Waals surface area contributed by atoms with E-state index >= 15 is 0 Å². The molecule has 2 rings (SSSR count). The predicted molar refractivity (Wildman–Crippen MR) is 64.6 cm³/mol. The molecule has 0 atom stereocenters. The molecule has 84 valence electrons. The van der Waals surface area contributed by atoms with Crippen LogP contribution in [0, 0.1) is 10.1 Å². The lowest BCUT2D eigenvalue weighted by Crippen LogP contribution is -2.13. The lowest BCUT2D eigenvalue weighted by molar-refractivity contribution is -0.427. The van der Waals surface area contributed by atoms with E-state index in [4.69, 9.17) is 0 Å². The third-order valence-electron chi connectivity index (χ3n) is 2.33. The molecule has 0 saturated carbocycles. The van der Waals surface area contributed by atoms with Gasteiger partial charge in [0, 0.05) is 12.3 Å². The van der Waals surface area contributed by atoms with Gasteiger partial charge in [0.25, 0.3) is 5.70 Å². The molecule has 5 heteroatoms. The number of nitrogens with one attached hydrogen (secondary N) is 1. The van der Waals surface area contributed by atoms with Crippen molar-refractivity contribution in [3.05, 3.63) is 56.7 Å². The molecule has 1 saturated heterocycles. The second-order valence-corrected chi connectivity index (χ2v) is 4.58. The van der Waals surface area contributed by atoms with Crippen LogP contribution in [-0.2, 0) is 6.42 Å². The monoisotopic (exact) mass is 236 g/mol. The summed E-state index contributed by atoms with van der Waals surface area (Å²) in [5.74, 6) is 0.904. The van der Waals surface area contributed by atoms with Crippen LogP contribution in [0.1, 0.15) is 5.56 Å². The normalized spacial score (nSPS) is 18.0. The Hall–Kier alpha value is -1.49. The van der Waals surface area contributed by atoms with Crippen LogP contribution < -0.4 is 5.32 Å². The summed E-state index contributed by atoms with van der Waals surface area (Å²) in [6, 6.07) is 9.51. The first-order valence-electron chi connectivity index (χ1n) is 5.05. The van der Waals surface area contributed by atoms with Crippen molar-refractivity contribution in [3.63, 3.8) is 0 Å². The van der Waals surface area contributed by atoms with Gasteiger partial charge in [-0.2, -0.15) is 0 Å². The summed E-state index contributed by atoms with van der Waals surface area (Å²) >= 11 is 1.52. The first-order chi connectivity index (χ1) is 7.77. The van der Waals surface area contributed by atoms with Crippen LogP contribution in [0.15, 0.2) is 41.1 Å². The van der Waals surface area contributed by atoms with Crippen LogP contribution in [0.4, 0.5) is 0 Å². The van der Waals surface area contributed by atoms with E-state index in [2.05, 4.69) is 5.32 Å². The maximum atomic E-state index is 11.0. The van der Waals surface area contributed by atoms with Gasteiger partial charge >= 0.3 is 0 Å². The number of nitro groups is 1. The van der Waals surface area contributed by atoms with Crippen molar-refractivity contribution in [3.8, 4) is 0 Å². The van der Waals surface area contributed by atoms with Crippen molar-refractivity contribution in [1.82, 2.24) is 5.32 Å². The lowest BCUT2D eigenvalue weighted by atomic mass is 10.1. The Bertz CT molecular complexity index is 409. The molecule has 0 spiro atoms. The van der Waals surface area contributed by atoms with E-state index in [0.717, 1.165) is 17.9 Å². The molecule has 1 aliphatic heterocycles. The summed E-state index contributed by atoms with van der Waals surface area (Å²) in [6.07, 6.45) is 0.378. The van der Waals surface area contributed by atoms with E-state index in [1.54, 1.807) is 0 Å². The van der Waals surface area contributed by atoms with E-state index in [1.807, 2.05) is 30.3 Å². The van der Waals surface area contributed by atoms with E-state index in [1.165, 1.54) is 11.8 Å². The van der Waals surface area contributed by atoms with Crippen LogP contribution in [0.5, 0.6) is 0 Å².